The monoisotopic (exact) mass is 390 g/mol. The van der Waals surface area contributed by atoms with Gasteiger partial charge in [0.1, 0.15) is 18.1 Å². The van der Waals surface area contributed by atoms with Crippen LogP contribution in [0.25, 0.3) is 0 Å². The molecular weight excluding hydrogens is 364 g/mol. The van der Waals surface area contributed by atoms with E-state index in [1.165, 1.54) is 0 Å². The van der Waals surface area contributed by atoms with E-state index in [0.29, 0.717) is 25.4 Å². The lowest BCUT2D eigenvalue weighted by atomic mass is 9.90. The number of nitrogens with zero attached hydrogens (tertiary/aromatic N) is 1. The van der Waals surface area contributed by atoms with E-state index >= 15 is 0 Å². The Morgan fingerprint density at radius 1 is 1.07 bits per heavy atom. The zero-order valence-corrected chi connectivity index (χ0v) is 16.4. The van der Waals surface area contributed by atoms with Crippen molar-refractivity contribution in [2.24, 2.45) is 11.1 Å². The van der Waals surface area contributed by atoms with Crippen molar-refractivity contribution in [3.63, 3.8) is 0 Å². The van der Waals surface area contributed by atoms with Gasteiger partial charge in [-0.25, -0.2) is 0 Å². The highest BCUT2D eigenvalue weighted by molar-refractivity contribution is 5.85. The van der Waals surface area contributed by atoms with Gasteiger partial charge in [-0.15, -0.1) is 12.4 Å². The van der Waals surface area contributed by atoms with Gasteiger partial charge >= 0.3 is 0 Å². The highest BCUT2D eigenvalue weighted by atomic mass is 35.5. The minimum Gasteiger partial charge on any atom is -0.489 e. The van der Waals surface area contributed by atoms with E-state index in [1.54, 1.807) is 0 Å². The first-order chi connectivity index (χ1) is 12.6. The Morgan fingerprint density at radius 3 is 2.30 bits per heavy atom. The van der Waals surface area contributed by atoms with Gasteiger partial charge in [-0.2, -0.15) is 0 Å². The molecule has 1 atom stereocenters. The number of carbonyl (C=O) groups excluding carboxylic acids is 1. The Balaban J connectivity index is 0.00000261. The summed E-state index contributed by atoms with van der Waals surface area (Å²) in [6, 6.07) is 17.4. The molecule has 0 saturated carbocycles. The molecule has 1 aliphatic rings. The van der Waals surface area contributed by atoms with Crippen molar-refractivity contribution in [1.82, 2.24) is 4.90 Å². The van der Waals surface area contributed by atoms with Gasteiger partial charge in [0.05, 0.1) is 0 Å². The third kappa shape index (κ3) is 5.88. The van der Waals surface area contributed by atoms with Crippen LogP contribution in [0.15, 0.2) is 54.6 Å². The second-order valence-electron chi connectivity index (χ2n) is 7.11. The summed E-state index contributed by atoms with van der Waals surface area (Å²) >= 11 is 0. The Labute approximate surface area is 166 Å². The number of likely N-dealkylation sites (tertiary alicyclic amines) is 1. The molecule has 1 unspecified atom stereocenters. The van der Waals surface area contributed by atoms with Crippen molar-refractivity contribution in [2.45, 2.75) is 20.0 Å². The fourth-order valence-electron chi connectivity index (χ4n) is 3.01. The Kier molecular flexibility index (Phi) is 7.51. The molecule has 1 heterocycles. The summed E-state index contributed by atoms with van der Waals surface area (Å²) in [6.45, 7) is 4.75. The Hall–Kier alpha value is -2.24. The van der Waals surface area contributed by atoms with Gasteiger partial charge in [-0.1, -0.05) is 37.3 Å². The molecule has 0 spiro atoms. The van der Waals surface area contributed by atoms with Crippen LogP contribution in [0.3, 0.4) is 0 Å². The van der Waals surface area contributed by atoms with Crippen molar-refractivity contribution in [3.05, 3.63) is 60.2 Å². The molecule has 1 aliphatic heterocycles. The van der Waals surface area contributed by atoms with Crippen molar-refractivity contribution in [1.29, 1.82) is 0 Å². The lowest BCUT2D eigenvalue weighted by Crippen LogP contribution is -2.36. The maximum atomic E-state index is 12.3. The number of benzene rings is 2. The fourth-order valence-corrected chi connectivity index (χ4v) is 3.01. The third-order valence-corrected chi connectivity index (χ3v) is 4.84. The summed E-state index contributed by atoms with van der Waals surface area (Å²) in [5.74, 6) is 1.43. The molecule has 1 fully saturated rings. The SMILES string of the molecule is CC1(CN)CCN(C(=O)COc2ccc(OCc3ccccc3)cc2)C1.Cl. The second-order valence-corrected chi connectivity index (χ2v) is 7.11. The largest absolute Gasteiger partial charge is 0.489 e. The molecule has 3 rings (SSSR count). The molecule has 1 saturated heterocycles. The molecule has 0 aromatic heterocycles. The van der Waals surface area contributed by atoms with Gasteiger partial charge in [0.25, 0.3) is 5.91 Å². The van der Waals surface area contributed by atoms with Crippen LogP contribution < -0.4 is 15.2 Å². The fraction of sp³-hybridized carbons (Fsp3) is 0.381. The minimum atomic E-state index is 0. The van der Waals surface area contributed by atoms with Gasteiger partial charge in [0, 0.05) is 13.1 Å². The van der Waals surface area contributed by atoms with E-state index in [2.05, 4.69) is 6.92 Å². The molecule has 5 nitrogen and oxygen atoms in total. The van der Waals surface area contributed by atoms with Crippen molar-refractivity contribution in [3.8, 4) is 11.5 Å². The van der Waals surface area contributed by atoms with E-state index in [0.717, 1.165) is 24.3 Å². The lowest BCUT2D eigenvalue weighted by molar-refractivity contribution is -0.132. The van der Waals surface area contributed by atoms with Crippen LogP contribution >= 0.6 is 12.4 Å². The molecule has 0 aliphatic carbocycles. The molecule has 146 valence electrons. The number of nitrogens with two attached hydrogens (primary N) is 1. The van der Waals surface area contributed by atoms with E-state index in [9.17, 15) is 4.79 Å². The number of carbonyl (C=O) groups is 1. The van der Waals surface area contributed by atoms with Gasteiger partial charge < -0.3 is 20.1 Å². The van der Waals surface area contributed by atoms with Crippen LogP contribution in [0.2, 0.25) is 0 Å². The maximum absolute atomic E-state index is 12.3. The van der Waals surface area contributed by atoms with Crippen LogP contribution in [0.5, 0.6) is 11.5 Å². The van der Waals surface area contributed by atoms with Crippen LogP contribution in [0.4, 0.5) is 0 Å². The average Bonchev–Trinajstić information content (AvgIpc) is 3.09. The summed E-state index contributed by atoms with van der Waals surface area (Å²) in [7, 11) is 0. The first-order valence-electron chi connectivity index (χ1n) is 8.95. The maximum Gasteiger partial charge on any atom is 0.260 e. The van der Waals surface area contributed by atoms with Crippen molar-refractivity contribution >= 4 is 18.3 Å². The summed E-state index contributed by atoms with van der Waals surface area (Å²) in [6.07, 6.45) is 0.947. The average molecular weight is 391 g/mol. The number of halogens is 1. The normalized spacial score (nSPS) is 18.7. The van der Waals surface area contributed by atoms with Crippen LogP contribution in [-0.4, -0.2) is 37.0 Å². The zero-order valence-electron chi connectivity index (χ0n) is 15.6. The molecular formula is C21H27ClN2O3. The topological polar surface area (TPSA) is 64.8 Å². The van der Waals surface area contributed by atoms with Gasteiger partial charge in [0.15, 0.2) is 6.61 Å². The van der Waals surface area contributed by atoms with Crippen molar-refractivity contribution < 1.29 is 14.3 Å². The minimum absolute atomic E-state index is 0. The quantitative estimate of drug-likeness (QED) is 0.788. The molecule has 0 radical (unpaired) electrons. The van der Waals surface area contributed by atoms with Crippen LogP contribution in [-0.2, 0) is 11.4 Å². The van der Waals surface area contributed by atoms with Gasteiger partial charge in [0.2, 0.25) is 0 Å². The predicted octanol–water partition coefficient (Wildman–Crippen LogP) is 3.26. The summed E-state index contributed by atoms with van der Waals surface area (Å²) in [5, 5.41) is 0. The summed E-state index contributed by atoms with van der Waals surface area (Å²) in [5.41, 5.74) is 6.94. The number of ether oxygens (including phenoxy) is 2. The van der Waals surface area contributed by atoms with E-state index < -0.39 is 0 Å². The first kappa shape index (κ1) is 21.1. The van der Waals surface area contributed by atoms with Crippen molar-refractivity contribution in [2.75, 3.05) is 26.2 Å². The van der Waals surface area contributed by atoms with E-state index in [-0.39, 0.29) is 30.3 Å². The van der Waals surface area contributed by atoms with Crippen LogP contribution in [0, 0.1) is 5.41 Å². The Bertz CT molecular complexity index is 724. The zero-order chi connectivity index (χ0) is 18.4. The molecule has 6 heteroatoms. The standard InChI is InChI=1S/C21H26N2O3.ClH/c1-21(15-22)11-12-23(16-21)20(24)14-26-19-9-7-18(8-10-19)25-13-17-5-3-2-4-6-17;/h2-10H,11-16,22H2,1H3;1H. The van der Waals surface area contributed by atoms with Crippen LogP contribution in [0.1, 0.15) is 18.9 Å². The van der Waals surface area contributed by atoms with E-state index in [1.807, 2.05) is 59.5 Å². The molecule has 1 amide bonds. The predicted molar refractivity (Wildman–Crippen MR) is 108 cm³/mol. The highest BCUT2D eigenvalue weighted by Crippen LogP contribution is 2.28. The number of hydrogen-bond donors (Lipinski definition) is 1. The van der Waals surface area contributed by atoms with Gasteiger partial charge in [-0.3, -0.25) is 4.79 Å². The highest BCUT2D eigenvalue weighted by Gasteiger charge is 2.34. The summed E-state index contributed by atoms with van der Waals surface area (Å²) < 4.78 is 11.4. The lowest BCUT2D eigenvalue weighted by Gasteiger charge is -2.22. The summed E-state index contributed by atoms with van der Waals surface area (Å²) in [4.78, 5) is 14.1. The first-order valence-corrected chi connectivity index (χ1v) is 8.95. The number of rotatable bonds is 7. The molecule has 27 heavy (non-hydrogen) atoms. The second kappa shape index (κ2) is 9.62. The molecule has 2 aromatic carbocycles. The number of amides is 1. The smallest absolute Gasteiger partial charge is 0.260 e. The Morgan fingerprint density at radius 2 is 1.70 bits per heavy atom. The molecule has 2 N–H and O–H groups in total. The van der Waals surface area contributed by atoms with Gasteiger partial charge in [-0.05, 0) is 48.2 Å². The molecule has 2 aromatic rings. The van der Waals surface area contributed by atoms with E-state index in [4.69, 9.17) is 15.2 Å². The molecule has 0 bridgehead atoms. The number of hydrogen-bond acceptors (Lipinski definition) is 4. The third-order valence-electron chi connectivity index (χ3n) is 4.84.